The van der Waals surface area contributed by atoms with Crippen LogP contribution in [0, 0.1) is 0 Å². The van der Waals surface area contributed by atoms with Crippen molar-refractivity contribution in [3.63, 3.8) is 0 Å². The van der Waals surface area contributed by atoms with Crippen LogP contribution in [0.15, 0.2) is 0 Å². The molecule has 2 saturated heterocycles. The van der Waals surface area contributed by atoms with Crippen LogP contribution in [0.3, 0.4) is 0 Å². The van der Waals surface area contributed by atoms with E-state index in [1.54, 1.807) is 0 Å². The summed E-state index contributed by atoms with van der Waals surface area (Å²) < 4.78 is 11.3. The minimum atomic E-state index is 0.280. The zero-order valence-corrected chi connectivity index (χ0v) is 12.2. The van der Waals surface area contributed by atoms with Gasteiger partial charge in [-0.3, -0.25) is 9.80 Å². The zero-order chi connectivity index (χ0) is 13.0. The van der Waals surface area contributed by atoms with Gasteiger partial charge in [0.05, 0.1) is 25.9 Å². The predicted octanol–water partition coefficient (Wildman–Crippen LogP) is 1.21. The molecule has 0 spiro atoms. The molecule has 106 valence electrons. The molecule has 1 atom stereocenters. The lowest BCUT2D eigenvalue weighted by atomic mass is 10.1. The van der Waals surface area contributed by atoms with E-state index < -0.39 is 0 Å². The maximum absolute atomic E-state index is 6.01. The van der Waals surface area contributed by atoms with Crippen molar-refractivity contribution in [3.05, 3.63) is 0 Å². The lowest BCUT2D eigenvalue weighted by Gasteiger charge is -2.31. The molecule has 0 aromatic heterocycles. The molecule has 0 saturated carbocycles. The quantitative estimate of drug-likeness (QED) is 0.755. The smallest absolute Gasteiger partial charge is 0.0715 e. The van der Waals surface area contributed by atoms with Gasteiger partial charge in [-0.2, -0.15) is 0 Å². The second-order valence-corrected chi connectivity index (χ2v) is 6.35. The van der Waals surface area contributed by atoms with Crippen LogP contribution < -0.4 is 0 Å². The van der Waals surface area contributed by atoms with Gasteiger partial charge in [-0.15, -0.1) is 0 Å². The standard InChI is InChI=1S/C14H28N2O2/c1-14(2,3)16-5-4-13(12-16)18-11-8-15-6-9-17-10-7-15/h13H,4-12H2,1-3H3. The van der Waals surface area contributed by atoms with Gasteiger partial charge in [0.15, 0.2) is 0 Å². The predicted molar refractivity (Wildman–Crippen MR) is 72.9 cm³/mol. The molecule has 18 heavy (non-hydrogen) atoms. The molecule has 0 bridgehead atoms. The fourth-order valence-electron chi connectivity index (χ4n) is 2.65. The summed E-state index contributed by atoms with van der Waals surface area (Å²) in [5, 5.41) is 0. The molecule has 2 fully saturated rings. The fourth-order valence-corrected chi connectivity index (χ4v) is 2.65. The van der Waals surface area contributed by atoms with Crippen molar-refractivity contribution >= 4 is 0 Å². The average molecular weight is 256 g/mol. The number of ether oxygens (including phenoxy) is 2. The van der Waals surface area contributed by atoms with E-state index in [9.17, 15) is 0 Å². The number of hydrogen-bond donors (Lipinski definition) is 0. The SMILES string of the molecule is CC(C)(C)N1CCC(OCCN2CCOCC2)C1. The van der Waals surface area contributed by atoms with Crippen molar-refractivity contribution in [3.8, 4) is 0 Å². The Labute approximate surface area is 111 Å². The number of hydrogen-bond acceptors (Lipinski definition) is 4. The Morgan fingerprint density at radius 1 is 1.17 bits per heavy atom. The summed E-state index contributed by atoms with van der Waals surface area (Å²) in [7, 11) is 0. The molecule has 0 aromatic carbocycles. The summed E-state index contributed by atoms with van der Waals surface area (Å²) in [6, 6.07) is 0. The summed E-state index contributed by atoms with van der Waals surface area (Å²) in [6.07, 6.45) is 1.62. The van der Waals surface area contributed by atoms with E-state index in [4.69, 9.17) is 9.47 Å². The fraction of sp³-hybridized carbons (Fsp3) is 1.00. The molecule has 2 aliphatic heterocycles. The Hall–Kier alpha value is -0.160. The van der Waals surface area contributed by atoms with Gasteiger partial charge in [0.25, 0.3) is 0 Å². The molecular formula is C14H28N2O2. The first-order chi connectivity index (χ1) is 8.55. The van der Waals surface area contributed by atoms with E-state index in [0.717, 1.165) is 46.0 Å². The monoisotopic (exact) mass is 256 g/mol. The van der Waals surface area contributed by atoms with E-state index >= 15 is 0 Å². The van der Waals surface area contributed by atoms with E-state index in [1.165, 1.54) is 13.0 Å². The first kappa shape index (κ1) is 14.3. The van der Waals surface area contributed by atoms with Gasteiger partial charge in [0.1, 0.15) is 0 Å². The Balaban J connectivity index is 1.60. The molecule has 2 rings (SSSR count). The van der Waals surface area contributed by atoms with Crippen LogP contribution in [0.5, 0.6) is 0 Å². The molecule has 2 aliphatic rings. The largest absolute Gasteiger partial charge is 0.379 e. The molecule has 0 amide bonds. The maximum Gasteiger partial charge on any atom is 0.0715 e. The van der Waals surface area contributed by atoms with Gasteiger partial charge in [0.2, 0.25) is 0 Å². The third kappa shape index (κ3) is 4.19. The third-order valence-corrected chi connectivity index (χ3v) is 3.96. The summed E-state index contributed by atoms with van der Waals surface area (Å²) in [6.45, 7) is 14.9. The molecular weight excluding hydrogens is 228 g/mol. The Kier molecular flexibility index (Phi) is 5.01. The highest BCUT2D eigenvalue weighted by molar-refractivity contribution is 4.85. The average Bonchev–Trinajstić information content (AvgIpc) is 2.79. The number of morpholine rings is 1. The number of rotatable bonds is 4. The number of likely N-dealkylation sites (tertiary alicyclic amines) is 1. The highest BCUT2D eigenvalue weighted by Crippen LogP contribution is 2.22. The van der Waals surface area contributed by atoms with Crippen LogP contribution in [-0.4, -0.2) is 74.0 Å². The molecule has 0 radical (unpaired) electrons. The van der Waals surface area contributed by atoms with Crippen LogP contribution in [0.25, 0.3) is 0 Å². The molecule has 4 nitrogen and oxygen atoms in total. The van der Waals surface area contributed by atoms with Gasteiger partial charge in [-0.05, 0) is 27.2 Å². The third-order valence-electron chi connectivity index (χ3n) is 3.96. The minimum absolute atomic E-state index is 0.280. The van der Waals surface area contributed by atoms with Crippen molar-refractivity contribution in [2.45, 2.75) is 38.8 Å². The first-order valence-electron chi connectivity index (χ1n) is 7.22. The Morgan fingerprint density at radius 2 is 1.89 bits per heavy atom. The van der Waals surface area contributed by atoms with E-state index in [1.807, 2.05) is 0 Å². The topological polar surface area (TPSA) is 24.9 Å². The molecule has 0 aliphatic carbocycles. The van der Waals surface area contributed by atoms with E-state index in [2.05, 4.69) is 30.6 Å². The maximum atomic E-state index is 6.01. The van der Waals surface area contributed by atoms with Crippen molar-refractivity contribution in [2.24, 2.45) is 0 Å². The van der Waals surface area contributed by atoms with Crippen LogP contribution in [0.4, 0.5) is 0 Å². The van der Waals surface area contributed by atoms with E-state index in [-0.39, 0.29) is 5.54 Å². The van der Waals surface area contributed by atoms with Gasteiger partial charge in [-0.1, -0.05) is 0 Å². The number of nitrogens with zero attached hydrogens (tertiary/aromatic N) is 2. The lowest BCUT2D eigenvalue weighted by Crippen LogP contribution is -2.41. The van der Waals surface area contributed by atoms with Crippen LogP contribution in [0.1, 0.15) is 27.2 Å². The Morgan fingerprint density at radius 3 is 2.50 bits per heavy atom. The lowest BCUT2D eigenvalue weighted by molar-refractivity contribution is 0.00186. The van der Waals surface area contributed by atoms with Crippen molar-refractivity contribution in [2.75, 3.05) is 52.5 Å². The summed E-state index contributed by atoms with van der Waals surface area (Å²) in [5.74, 6) is 0. The van der Waals surface area contributed by atoms with Crippen molar-refractivity contribution in [1.29, 1.82) is 0 Å². The minimum Gasteiger partial charge on any atom is -0.379 e. The normalized spacial score (nSPS) is 27.8. The molecule has 0 N–H and O–H groups in total. The zero-order valence-electron chi connectivity index (χ0n) is 12.2. The Bertz CT molecular complexity index is 247. The molecule has 2 heterocycles. The highest BCUT2D eigenvalue weighted by atomic mass is 16.5. The second-order valence-electron chi connectivity index (χ2n) is 6.35. The highest BCUT2D eigenvalue weighted by Gasteiger charge is 2.30. The summed E-state index contributed by atoms with van der Waals surface area (Å²) in [5.41, 5.74) is 0.280. The second kappa shape index (κ2) is 6.33. The molecule has 4 heteroatoms. The van der Waals surface area contributed by atoms with Gasteiger partial charge in [0, 0.05) is 38.3 Å². The van der Waals surface area contributed by atoms with Gasteiger partial charge < -0.3 is 9.47 Å². The van der Waals surface area contributed by atoms with Crippen LogP contribution in [-0.2, 0) is 9.47 Å². The van der Waals surface area contributed by atoms with E-state index in [0.29, 0.717) is 6.10 Å². The van der Waals surface area contributed by atoms with Gasteiger partial charge >= 0.3 is 0 Å². The van der Waals surface area contributed by atoms with Gasteiger partial charge in [-0.25, -0.2) is 0 Å². The van der Waals surface area contributed by atoms with Crippen LogP contribution >= 0.6 is 0 Å². The van der Waals surface area contributed by atoms with Crippen molar-refractivity contribution < 1.29 is 9.47 Å². The molecule has 0 aromatic rings. The summed E-state index contributed by atoms with van der Waals surface area (Å²) in [4.78, 5) is 4.95. The van der Waals surface area contributed by atoms with Crippen molar-refractivity contribution in [1.82, 2.24) is 9.80 Å². The summed E-state index contributed by atoms with van der Waals surface area (Å²) >= 11 is 0. The molecule has 1 unspecified atom stereocenters. The van der Waals surface area contributed by atoms with Crippen LogP contribution in [0.2, 0.25) is 0 Å². The first-order valence-corrected chi connectivity index (χ1v) is 7.22.